The third kappa shape index (κ3) is 3.93. The number of anilines is 1. The number of nitrogens with zero attached hydrogens (tertiary/aromatic N) is 6. The van der Waals surface area contributed by atoms with Gasteiger partial charge in [0.1, 0.15) is 5.82 Å². The Hall–Kier alpha value is -2.68. The van der Waals surface area contributed by atoms with Gasteiger partial charge in [0.25, 0.3) is 0 Å². The van der Waals surface area contributed by atoms with Crippen LogP contribution in [0.1, 0.15) is 31.0 Å². The molecule has 0 radical (unpaired) electrons. The largest absolute Gasteiger partial charge is 0.310 e. The number of aryl methyl sites for hydroxylation is 2. The predicted octanol–water partition coefficient (Wildman–Crippen LogP) is 2.79. The number of aromatic nitrogens is 6. The fraction of sp³-hybridized carbons (Fsp3) is 0.353. The second-order valence-electron chi connectivity index (χ2n) is 6.25. The number of benzene rings is 1. The molecule has 136 valence electrons. The molecule has 26 heavy (non-hydrogen) atoms. The van der Waals surface area contributed by atoms with Crippen molar-refractivity contribution in [3.05, 3.63) is 41.6 Å². The number of thioether (sulfide) groups is 1. The molecule has 1 amide bonds. The van der Waals surface area contributed by atoms with Crippen LogP contribution in [0.25, 0.3) is 5.69 Å². The quantitative estimate of drug-likeness (QED) is 0.670. The molecule has 8 nitrogen and oxygen atoms in total. The van der Waals surface area contributed by atoms with Gasteiger partial charge in [-0.2, -0.15) is 9.78 Å². The van der Waals surface area contributed by atoms with Crippen LogP contribution in [0.5, 0.6) is 0 Å². The van der Waals surface area contributed by atoms with E-state index in [1.807, 2.05) is 39.8 Å². The van der Waals surface area contributed by atoms with Crippen molar-refractivity contribution in [1.29, 1.82) is 0 Å². The minimum absolute atomic E-state index is 0.132. The fourth-order valence-electron chi connectivity index (χ4n) is 2.60. The van der Waals surface area contributed by atoms with Gasteiger partial charge in [0.05, 0.1) is 17.6 Å². The van der Waals surface area contributed by atoms with E-state index in [-0.39, 0.29) is 17.7 Å². The zero-order valence-corrected chi connectivity index (χ0v) is 16.0. The third-order valence-electron chi connectivity index (χ3n) is 3.78. The summed E-state index contributed by atoms with van der Waals surface area (Å²) in [5, 5.41) is 19.5. The Morgan fingerprint density at radius 1 is 1.27 bits per heavy atom. The van der Waals surface area contributed by atoms with Crippen LogP contribution in [0.3, 0.4) is 0 Å². The molecule has 0 aliphatic rings. The van der Waals surface area contributed by atoms with Crippen LogP contribution < -0.4 is 5.32 Å². The van der Waals surface area contributed by atoms with Crippen LogP contribution in [-0.4, -0.2) is 41.6 Å². The van der Waals surface area contributed by atoms with Gasteiger partial charge >= 0.3 is 0 Å². The van der Waals surface area contributed by atoms with Crippen molar-refractivity contribution in [3.63, 3.8) is 0 Å². The number of nitrogens with one attached hydrogen (secondary N) is 1. The molecule has 0 fully saturated rings. The van der Waals surface area contributed by atoms with E-state index in [4.69, 9.17) is 0 Å². The summed E-state index contributed by atoms with van der Waals surface area (Å²) >= 11 is 1.29. The van der Waals surface area contributed by atoms with Crippen molar-refractivity contribution in [1.82, 2.24) is 30.0 Å². The number of hydrogen-bond acceptors (Lipinski definition) is 6. The van der Waals surface area contributed by atoms with Crippen LogP contribution in [0.15, 0.2) is 35.6 Å². The van der Waals surface area contributed by atoms with Gasteiger partial charge in [-0.15, -0.1) is 5.10 Å². The molecule has 0 spiro atoms. The van der Waals surface area contributed by atoms with E-state index in [0.717, 1.165) is 11.3 Å². The topological polar surface area (TPSA) is 90.5 Å². The molecule has 0 aliphatic heterocycles. The van der Waals surface area contributed by atoms with Crippen LogP contribution in [-0.2, 0) is 4.79 Å². The van der Waals surface area contributed by atoms with E-state index in [2.05, 4.69) is 32.0 Å². The Labute approximate surface area is 156 Å². The van der Waals surface area contributed by atoms with Gasteiger partial charge in [-0.1, -0.05) is 29.5 Å². The highest BCUT2D eigenvalue weighted by Crippen LogP contribution is 2.22. The van der Waals surface area contributed by atoms with E-state index >= 15 is 0 Å². The molecule has 2 aromatic heterocycles. The summed E-state index contributed by atoms with van der Waals surface area (Å²) < 4.78 is 3.42. The molecule has 9 heteroatoms. The number of amides is 1. The summed E-state index contributed by atoms with van der Waals surface area (Å²) in [6.07, 6.45) is 1.67. The normalized spacial score (nSPS) is 11.1. The molecule has 0 saturated heterocycles. The molecular weight excluding hydrogens is 350 g/mol. The van der Waals surface area contributed by atoms with E-state index in [0.29, 0.717) is 11.0 Å². The first-order chi connectivity index (χ1) is 12.5. The number of hydrogen-bond donors (Lipinski definition) is 1. The number of carbonyl (C=O) groups is 1. The third-order valence-corrected chi connectivity index (χ3v) is 4.70. The van der Waals surface area contributed by atoms with Gasteiger partial charge in [0.15, 0.2) is 0 Å². The van der Waals surface area contributed by atoms with Crippen LogP contribution in [0, 0.1) is 13.8 Å². The Kier molecular flexibility index (Phi) is 5.36. The van der Waals surface area contributed by atoms with Crippen molar-refractivity contribution < 1.29 is 4.79 Å². The first-order valence-electron chi connectivity index (χ1n) is 8.28. The summed E-state index contributed by atoms with van der Waals surface area (Å²) in [7, 11) is 0. The highest BCUT2D eigenvalue weighted by Gasteiger charge is 2.14. The van der Waals surface area contributed by atoms with E-state index in [1.165, 1.54) is 17.3 Å². The summed E-state index contributed by atoms with van der Waals surface area (Å²) in [4.78, 5) is 12.3. The smallest absolute Gasteiger partial charge is 0.235 e. The highest BCUT2D eigenvalue weighted by molar-refractivity contribution is 7.99. The van der Waals surface area contributed by atoms with Gasteiger partial charge in [-0.25, -0.2) is 4.68 Å². The average Bonchev–Trinajstić information content (AvgIpc) is 3.22. The van der Waals surface area contributed by atoms with Gasteiger partial charge in [0, 0.05) is 12.1 Å². The Morgan fingerprint density at radius 3 is 2.81 bits per heavy atom. The van der Waals surface area contributed by atoms with Crippen LogP contribution in [0.2, 0.25) is 0 Å². The van der Waals surface area contributed by atoms with Gasteiger partial charge in [0.2, 0.25) is 11.1 Å². The van der Waals surface area contributed by atoms with Crippen LogP contribution >= 0.6 is 11.8 Å². The van der Waals surface area contributed by atoms with Crippen molar-refractivity contribution in [2.45, 2.75) is 38.9 Å². The van der Waals surface area contributed by atoms with Crippen molar-refractivity contribution in [2.24, 2.45) is 0 Å². The fourth-order valence-corrected chi connectivity index (χ4v) is 3.28. The zero-order valence-electron chi connectivity index (χ0n) is 15.2. The number of rotatable bonds is 6. The molecule has 0 bridgehead atoms. The molecule has 3 aromatic rings. The second-order valence-corrected chi connectivity index (χ2v) is 7.20. The Morgan fingerprint density at radius 2 is 2.08 bits per heavy atom. The lowest BCUT2D eigenvalue weighted by Crippen LogP contribution is -2.18. The number of carbonyl (C=O) groups excluding carboxylic acids is 1. The predicted molar refractivity (Wildman–Crippen MR) is 101 cm³/mol. The van der Waals surface area contributed by atoms with Gasteiger partial charge < -0.3 is 5.32 Å². The molecule has 1 N–H and O–H groups in total. The first kappa shape index (κ1) is 18.1. The molecular formula is C17H21N7OS. The first-order valence-corrected chi connectivity index (χ1v) is 9.26. The van der Waals surface area contributed by atoms with Gasteiger partial charge in [-0.3, -0.25) is 4.79 Å². The molecule has 0 aliphatic carbocycles. The maximum Gasteiger partial charge on any atom is 0.235 e. The molecule has 0 saturated carbocycles. The van der Waals surface area contributed by atoms with Crippen molar-refractivity contribution in [3.8, 4) is 5.69 Å². The second kappa shape index (κ2) is 7.69. The molecule has 1 aromatic carbocycles. The van der Waals surface area contributed by atoms with Crippen LogP contribution in [0.4, 0.5) is 5.82 Å². The Bertz CT molecular complexity index is 915. The summed E-state index contributed by atoms with van der Waals surface area (Å²) in [5.41, 5.74) is 3.15. The SMILES string of the molecule is Cc1ccc(-n2nnnc2SCC(=O)Nc2ccnn2C(C)C)c(C)c1. The minimum Gasteiger partial charge on any atom is -0.310 e. The summed E-state index contributed by atoms with van der Waals surface area (Å²) in [6.45, 7) is 8.07. The molecule has 0 atom stereocenters. The maximum atomic E-state index is 12.3. The van der Waals surface area contributed by atoms with Gasteiger partial charge in [-0.05, 0) is 49.8 Å². The lowest BCUT2D eigenvalue weighted by Gasteiger charge is -2.11. The van der Waals surface area contributed by atoms with E-state index < -0.39 is 0 Å². The van der Waals surface area contributed by atoms with Crippen molar-refractivity contribution in [2.75, 3.05) is 11.1 Å². The van der Waals surface area contributed by atoms with E-state index in [1.54, 1.807) is 21.6 Å². The molecule has 2 heterocycles. The lowest BCUT2D eigenvalue weighted by molar-refractivity contribution is -0.113. The number of tetrazole rings is 1. The molecule has 3 rings (SSSR count). The average molecular weight is 371 g/mol. The monoisotopic (exact) mass is 371 g/mol. The van der Waals surface area contributed by atoms with Crippen molar-refractivity contribution >= 4 is 23.5 Å². The Balaban J connectivity index is 1.68. The maximum absolute atomic E-state index is 12.3. The minimum atomic E-state index is -0.132. The standard InChI is InChI=1S/C17H21N7OS/c1-11(2)23-15(7-8-18-23)19-16(25)10-26-17-20-21-22-24(17)14-6-5-12(3)9-13(14)4/h5-9,11H,10H2,1-4H3,(H,19,25). The lowest BCUT2D eigenvalue weighted by atomic mass is 10.1. The zero-order chi connectivity index (χ0) is 18.7. The summed E-state index contributed by atoms with van der Waals surface area (Å²) in [6, 6.07) is 8.02. The summed E-state index contributed by atoms with van der Waals surface area (Å²) in [5.74, 6) is 0.751. The molecule has 0 unspecified atom stereocenters. The highest BCUT2D eigenvalue weighted by atomic mass is 32.2. The van der Waals surface area contributed by atoms with E-state index in [9.17, 15) is 4.79 Å².